The Hall–Kier alpha value is -2.00. The number of carbonyl (C=O) groups excluding carboxylic acids is 1. The molecule has 0 bridgehead atoms. The molecule has 1 heterocycles. The van der Waals surface area contributed by atoms with E-state index >= 15 is 0 Å². The maximum absolute atomic E-state index is 14.6. The minimum Gasteiger partial charge on any atom is -0.322 e. The topological polar surface area (TPSA) is 78.5 Å². The molecule has 0 spiro atoms. The zero-order valence-electron chi connectivity index (χ0n) is 14.7. The first-order valence-corrected chi connectivity index (χ1v) is 9.66. The fourth-order valence-corrected chi connectivity index (χ4v) is 4.03. The number of rotatable bonds is 5. The molecular formula is C18H21ClFN3O3S. The highest BCUT2D eigenvalue weighted by atomic mass is 35.5. The number of hydrogen-bond acceptors (Lipinski definition) is 4. The number of anilines is 1. The average molecular weight is 414 g/mol. The Labute approximate surface area is 164 Å². The first-order valence-electron chi connectivity index (χ1n) is 8.22. The van der Waals surface area contributed by atoms with Crippen LogP contribution in [0.5, 0.6) is 0 Å². The molecule has 146 valence electrons. The van der Waals surface area contributed by atoms with Gasteiger partial charge < -0.3 is 10.6 Å². The van der Waals surface area contributed by atoms with Crippen molar-refractivity contribution in [1.82, 2.24) is 9.62 Å². The fraction of sp³-hybridized carbons (Fsp3) is 0.278. The number of benzene rings is 2. The Morgan fingerprint density at radius 1 is 1.22 bits per heavy atom. The number of hydrogen-bond donors (Lipinski definition) is 2. The van der Waals surface area contributed by atoms with E-state index < -0.39 is 28.3 Å². The highest BCUT2D eigenvalue weighted by Crippen LogP contribution is 2.24. The summed E-state index contributed by atoms with van der Waals surface area (Å²) in [4.78, 5) is 12.3. The summed E-state index contributed by atoms with van der Waals surface area (Å²) >= 11 is 0. The van der Waals surface area contributed by atoms with Gasteiger partial charge in [-0.1, -0.05) is 24.3 Å². The van der Waals surface area contributed by atoms with E-state index in [1.54, 1.807) is 24.3 Å². The lowest BCUT2D eigenvalue weighted by atomic mass is 9.99. The first-order chi connectivity index (χ1) is 12.4. The smallest absolute Gasteiger partial charge is 0.243 e. The van der Waals surface area contributed by atoms with Crippen molar-refractivity contribution < 1.29 is 17.6 Å². The van der Waals surface area contributed by atoms with E-state index in [2.05, 4.69) is 10.6 Å². The number of sulfonamides is 1. The van der Waals surface area contributed by atoms with Gasteiger partial charge in [-0.15, -0.1) is 12.4 Å². The van der Waals surface area contributed by atoms with Crippen LogP contribution in [0.3, 0.4) is 0 Å². The summed E-state index contributed by atoms with van der Waals surface area (Å²) in [5, 5.41) is 5.63. The molecule has 1 aliphatic heterocycles. The predicted octanol–water partition coefficient (Wildman–Crippen LogP) is 2.15. The number of likely N-dealkylation sites (N-methyl/N-ethyl adjacent to an activating group) is 1. The summed E-state index contributed by atoms with van der Waals surface area (Å²) in [7, 11) is -2.46. The van der Waals surface area contributed by atoms with Crippen LogP contribution in [0.2, 0.25) is 0 Å². The van der Waals surface area contributed by atoms with Crippen LogP contribution in [0, 0.1) is 5.82 Å². The van der Waals surface area contributed by atoms with Crippen molar-refractivity contribution in [1.29, 1.82) is 0 Å². The summed E-state index contributed by atoms with van der Waals surface area (Å²) in [6.07, 6.45) is 0.549. The lowest BCUT2D eigenvalue weighted by Crippen LogP contribution is -2.35. The largest absolute Gasteiger partial charge is 0.322 e. The standard InChI is InChI=1S/C18H20FN3O3S.ClH/c1-22(26(24,25)14-5-3-2-4-6-14)12-17(23)21-16-8-7-13-11-20-10-9-15(13)18(16)19;/h2-8,20H,9-12H2,1H3,(H,21,23);1H. The molecule has 0 aliphatic carbocycles. The normalized spacial score (nSPS) is 13.6. The molecule has 2 aromatic rings. The molecular weight excluding hydrogens is 393 g/mol. The van der Waals surface area contributed by atoms with E-state index in [0.29, 0.717) is 25.1 Å². The molecule has 3 rings (SSSR count). The molecule has 1 amide bonds. The van der Waals surface area contributed by atoms with Gasteiger partial charge in [-0.3, -0.25) is 4.79 Å². The maximum atomic E-state index is 14.6. The number of carbonyl (C=O) groups is 1. The molecule has 2 N–H and O–H groups in total. The van der Waals surface area contributed by atoms with Gasteiger partial charge in [-0.25, -0.2) is 12.8 Å². The van der Waals surface area contributed by atoms with Gasteiger partial charge in [0.1, 0.15) is 5.82 Å². The van der Waals surface area contributed by atoms with Crippen LogP contribution in [0.15, 0.2) is 47.4 Å². The number of halogens is 2. The van der Waals surface area contributed by atoms with Crippen molar-refractivity contribution in [3.8, 4) is 0 Å². The molecule has 1 aliphatic rings. The maximum Gasteiger partial charge on any atom is 0.243 e. The quantitative estimate of drug-likeness (QED) is 0.787. The number of fused-ring (bicyclic) bond motifs is 1. The van der Waals surface area contributed by atoms with E-state index in [0.717, 1.165) is 9.87 Å². The van der Waals surface area contributed by atoms with Gasteiger partial charge in [0.15, 0.2) is 0 Å². The van der Waals surface area contributed by atoms with Gasteiger partial charge in [0.05, 0.1) is 17.1 Å². The third-order valence-electron chi connectivity index (χ3n) is 4.30. The van der Waals surface area contributed by atoms with E-state index in [4.69, 9.17) is 0 Å². The molecule has 0 atom stereocenters. The Bertz CT molecular complexity index is 923. The summed E-state index contributed by atoms with van der Waals surface area (Å²) < 4.78 is 40.4. The average Bonchev–Trinajstić information content (AvgIpc) is 2.65. The van der Waals surface area contributed by atoms with E-state index in [-0.39, 0.29) is 23.0 Å². The van der Waals surface area contributed by atoms with Crippen molar-refractivity contribution in [3.63, 3.8) is 0 Å². The van der Waals surface area contributed by atoms with Crippen LogP contribution in [0.25, 0.3) is 0 Å². The van der Waals surface area contributed by atoms with E-state index in [1.807, 2.05) is 0 Å². The van der Waals surface area contributed by atoms with Crippen molar-refractivity contribution in [2.45, 2.75) is 17.9 Å². The number of nitrogens with one attached hydrogen (secondary N) is 2. The molecule has 27 heavy (non-hydrogen) atoms. The zero-order valence-corrected chi connectivity index (χ0v) is 16.4. The molecule has 6 nitrogen and oxygen atoms in total. The van der Waals surface area contributed by atoms with Crippen molar-refractivity contribution >= 4 is 34.0 Å². The third-order valence-corrected chi connectivity index (χ3v) is 6.12. The Morgan fingerprint density at radius 3 is 2.63 bits per heavy atom. The Morgan fingerprint density at radius 2 is 1.93 bits per heavy atom. The minimum absolute atomic E-state index is 0. The van der Waals surface area contributed by atoms with Gasteiger partial charge in [0.25, 0.3) is 0 Å². The van der Waals surface area contributed by atoms with Crippen molar-refractivity contribution in [2.75, 3.05) is 25.5 Å². The van der Waals surface area contributed by atoms with Crippen molar-refractivity contribution in [3.05, 3.63) is 59.4 Å². The highest BCUT2D eigenvalue weighted by molar-refractivity contribution is 7.89. The van der Waals surface area contributed by atoms with Crippen LogP contribution in [0.1, 0.15) is 11.1 Å². The second-order valence-electron chi connectivity index (χ2n) is 6.11. The molecule has 0 unspecified atom stereocenters. The fourth-order valence-electron chi connectivity index (χ4n) is 2.88. The van der Waals surface area contributed by atoms with Crippen molar-refractivity contribution in [2.24, 2.45) is 0 Å². The lowest BCUT2D eigenvalue weighted by molar-refractivity contribution is -0.116. The first kappa shape index (κ1) is 21.3. The second-order valence-corrected chi connectivity index (χ2v) is 8.16. The summed E-state index contributed by atoms with van der Waals surface area (Å²) in [5.74, 6) is -1.05. The third kappa shape index (κ3) is 4.65. The van der Waals surface area contributed by atoms with E-state index in [1.165, 1.54) is 25.2 Å². The van der Waals surface area contributed by atoms with Gasteiger partial charge in [-0.2, -0.15) is 4.31 Å². The van der Waals surface area contributed by atoms with Crippen LogP contribution in [-0.2, 0) is 27.8 Å². The van der Waals surface area contributed by atoms with Crippen LogP contribution in [-0.4, -0.2) is 38.8 Å². The van der Waals surface area contributed by atoms with E-state index in [9.17, 15) is 17.6 Å². The Kier molecular flexibility index (Phi) is 6.94. The molecule has 0 fully saturated rings. The molecule has 0 saturated heterocycles. The number of nitrogens with zero attached hydrogens (tertiary/aromatic N) is 1. The van der Waals surface area contributed by atoms with Gasteiger partial charge >= 0.3 is 0 Å². The summed E-state index contributed by atoms with van der Waals surface area (Å²) in [6, 6.07) is 11.1. The Balaban J connectivity index is 0.00000261. The monoisotopic (exact) mass is 413 g/mol. The second kappa shape index (κ2) is 8.79. The van der Waals surface area contributed by atoms with Gasteiger partial charge in [0.2, 0.25) is 15.9 Å². The predicted molar refractivity (Wildman–Crippen MR) is 104 cm³/mol. The molecule has 9 heteroatoms. The van der Waals surface area contributed by atoms with Crippen LogP contribution in [0.4, 0.5) is 10.1 Å². The van der Waals surface area contributed by atoms with Crippen LogP contribution >= 0.6 is 12.4 Å². The number of amides is 1. The molecule has 0 saturated carbocycles. The molecule has 2 aromatic carbocycles. The van der Waals surface area contributed by atoms with Gasteiger partial charge in [0, 0.05) is 13.6 Å². The zero-order chi connectivity index (χ0) is 18.7. The molecule has 0 aromatic heterocycles. The van der Waals surface area contributed by atoms with Crippen LogP contribution < -0.4 is 10.6 Å². The SMILES string of the molecule is CN(CC(=O)Nc1ccc2c(c1F)CCNC2)S(=O)(=O)c1ccccc1.Cl. The summed E-state index contributed by atoms with van der Waals surface area (Å²) in [5.41, 5.74) is 1.53. The molecule has 0 radical (unpaired) electrons. The summed E-state index contributed by atoms with van der Waals surface area (Å²) in [6.45, 7) is 0.868. The van der Waals surface area contributed by atoms with Gasteiger partial charge in [-0.05, 0) is 42.3 Å². The lowest BCUT2D eigenvalue weighted by Gasteiger charge is -2.20. The highest BCUT2D eigenvalue weighted by Gasteiger charge is 2.23. The minimum atomic E-state index is -3.78.